The second kappa shape index (κ2) is 10.3. The maximum absolute atomic E-state index is 12.4. The summed E-state index contributed by atoms with van der Waals surface area (Å²) in [5, 5.41) is 5.74. The van der Waals surface area contributed by atoms with Crippen LogP contribution in [0.2, 0.25) is 0 Å². The number of nitrogens with one attached hydrogen (secondary N) is 2. The van der Waals surface area contributed by atoms with E-state index in [4.69, 9.17) is 0 Å². The van der Waals surface area contributed by atoms with Gasteiger partial charge in [0.25, 0.3) is 5.91 Å². The fourth-order valence-electron chi connectivity index (χ4n) is 3.19. The van der Waals surface area contributed by atoms with Gasteiger partial charge in [0.15, 0.2) is 6.61 Å². The molecule has 166 valence electrons. The van der Waals surface area contributed by atoms with Crippen LogP contribution >= 0.6 is 0 Å². The van der Waals surface area contributed by atoms with E-state index in [2.05, 4.69) is 20.4 Å². The third kappa shape index (κ3) is 7.56. The quantitative estimate of drug-likeness (QED) is 0.698. The van der Waals surface area contributed by atoms with Gasteiger partial charge in [-0.1, -0.05) is 18.2 Å². The lowest BCUT2D eigenvalue weighted by molar-refractivity contribution is -0.154. The van der Waals surface area contributed by atoms with Crippen molar-refractivity contribution in [2.45, 2.75) is 25.1 Å². The fourth-order valence-corrected chi connectivity index (χ4v) is 3.19. The molecule has 1 fully saturated rings. The molecule has 0 radical (unpaired) electrons. The van der Waals surface area contributed by atoms with Crippen LogP contribution in [0.3, 0.4) is 0 Å². The lowest BCUT2D eigenvalue weighted by Crippen LogP contribution is -2.46. The molecule has 0 unspecified atom stereocenters. The Balaban J connectivity index is 1.40. The highest BCUT2D eigenvalue weighted by atomic mass is 19.4. The van der Waals surface area contributed by atoms with Gasteiger partial charge in [-0.15, -0.1) is 0 Å². The predicted octanol–water partition coefficient (Wildman–Crippen LogP) is 2.86. The first-order valence-corrected chi connectivity index (χ1v) is 9.82. The molecular weight excluding hydrogens is 413 g/mol. The van der Waals surface area contributed by atoms with E-state index in [1.54, 1.807) is 0 Å². The second-order valence-corrected chi connectivity index (χ2v) is 7.23. The SMILES string of the molecule is O=C(CN1CCC(NC(=O)c2ccc(OCC(F)(F)F)nc2)CC1)Nc1ccccc1. The lowest BCUT2D eigenvalue weighted by atomic mass is 10.0. The number of pyridine rings is 1. The largest absolute Gasteiger partial charge is 0.468 e. The molecule has 2 aromatic rings. The Morgan fingerprint density at radius 2 is 1.81 bits per heavy atom. The van der Waals surface area contributed by atoms with Crippen molar-refractivity contribution in [3.63, 3.8) is 0 Å². The molecule has 2 N–H and O–H groups in total. The minimum absolute atomic E-state index is 0.0536. The van der Waals surface area contributed by atoms with Gasteiger partial charge in [0.1, 0.15) is 0 Å². The number of para-hydroxylation sites is 1. The van der Waals surface area contributed by atoms with Crippen LogP contribution in [0.15, 0.2) is 48.7 Å². The van der Waals surface area contributed by atoms with Crippen molar-refractivity contribution < 1.29 is 27.5 Å². The Morgan fingerprint density at radius 3 is 2.42 bits per heavy atom. The topological polar surface area (TPSA) is 83.6 Å². The molecule has 10 heteroatoms. The summed E-state index contributed by atoms with van der Waals surface area (Å²) in [5.41, 5.74) is 0.988. The van der Waals surface area contributed by atoms with Gasteiger partial charge in [-0.25, -0.2) is 4.98 Å². The second-order valence-electron chi connectivity index (χ2n) is 7.23. The Morgan fingerprint density at radius 1 is 1.10 bits per heavy atom. The molecule has 1 aliphatic rings. The van der Waals surface area contributed by atoms with Crippen LogP contribution in [0.5, 0.6) is 5.88 Å². The summed E-state index contributed by atoms with van der Waals surface area (Å²) in [4.78, 5) is 30.3. The van der Waals surface area contributed by atoms with Crippen molar-refractivity contribution in [2.75, 3.05) is 31.6 Å². The van der Waals surface area contributed by atoms with Crippen molar-refractivity contribution >= 4 is 17.5 Å². The van der Waals surface area contributed by atoms with Gasteiger partial charge < -0.3 is 15.4 Å². The van der Waals surface area contributed by atoms with E-state index in [1.165, 1.54) is 18.3 Å². The zero-order valence-electron chi connectivity index (χ0n) is 16.7. The number of carbonyl (C=O) groups is 2. The average molecular weight is 436 g/mol. The van der Waals surface area contributed by atoms with Gasteiger partial charge in [0.05, 0.1) is 12.1 Å². The molecule has 0 atom stereocenters. The maximum Gasteiger partial charge on any atom is 0.422 e. The number of rotatable bonds is 7. The molecule has 7 nitrogen and oxygen atoms in total. The van der Waals surface area contributed by atoms with E-state index in [-0.39, 0.29) is 35.8 Å². The monoisotopic (exact) mass is 436 g/mol. The normalized spacial score (nSPS) is 15.3. The number of carbonyl (C=O) groups excluding carboxylic acids is 2. The predicted molar refractivity (Wildman–Crippen MR) is 108 cm³/mol. The molecule has 1 aliphatic heterocycles. The third-order valence-corrected chi connectivity index (χ3v) is 4.73. The molecule has 3 rings (SSSR count). The first-order valence-electron chi connectivity index (χ1n) is 9.82. The highest BCUT2D eigenvalue weighted by Crippen LogP contribution is 2.17. The number of hydrogen-bond acceptors (Lipinski definition) is 5. The third-order valence-electron chi connectivity index (χ3n) is 4.73. The number of nitrogens with zero attached hydrogens (tertiary/aromatic N) is 2. The van der Waals surface area contributed by atoms with Crippen molar-refractivity contribution in [1.82, 2.24) is 15.2 Å². The van der Waals surface area contributed by atoms with Gasteiger partial charge in [0, 0.05) is 37.1 Å². The average Bonchev–Trinajstić information content (AvgIpc) is 2.74. The van der Waals surface area contributed by atoms with Crippen molar-refractivity contribution in [3.8, 4) is 5.88 Å². The van der Waals surface area contributed by atoms with Crippen LogP contribution in [0.1, 0.15) is 23.2 Å². The fraction of sp³-hybridized carbons (Fsp3) is 0.381. The number of piperidine rings is 1. The first-order chi connectivity index (χ1) is 14.8. The number of amides is 2. The van der Waals surface area contributed by atoms with E-state index in [0.717, 1.165) is 5.69 Å². The van der Waals surface area contributed by atoms with E-state index in [9.17, 15) is 22.8 Å². The van der Waals surface area contributed by atoms with Crippen LogP contribution in [-0.2, 0) is 4.79 Å². The number of likely N-dealkylation sites (tertiary alicyclic amines) is 1. The lowest BCUT2D eigenvalue weighted by Gasteiger charge is -2.31. The molecule has 1 aromatic carbocycles. The molecule has 0 spiro atoms. The molecule has 0 aliphatic carbocycles. The van der Waals surface area contributed by atoms with Crippen molar-refractivity contribution in [2.24, 2.45) is 0 Å². The van der Waals surface area contributed by atoms with Crippen LogP contribution < -0.4 is 15.4 Å². The Hall–Kier alpha value is -3.14. The van der Waals surface area contributed by atoms with Gasteiger partial charge in [-0.05, 0) is 31.0 Å². The molecule has 0 saturated carbocycles. The van der Waals surface area contributed by atoms with Crippen LogP contribution in [0.4, 0.5) is 18.9 Å². The molecule has 31 heavy (non-hydrogen) atoms. The Bertz CT molecular complexity index is 868. The number of halogens is 3. The number of alkyl halides is 3. The van der Waals surface area contributed by atoms with Crippen LogP contribution in [0.25, 0.3) is 0 Å². The highest BCUT2D eigenvalue weighted by molar-refractivity contribution is 5.94. The maximum atomic E-state index is 12.4. The van der Waals surface area contributed by atoms with Crippen molar-refractivity contribution in [1.29, 1.82) is 0 Å². The molecule has 2 heterocycles. The van der Waals surface area contributed by atoms with Gasteiger partial charge in [-0.2, -0.15) is 13.2 Å². The molecule has 1 saturated heterocycles. The molecule has 0 bridgehead atoms. The van der Waals surface area contributed by atoms with Crippen LogP contribution in [0, 0.1) is 0 Å². The van der Waals surface area contributed by atoms with E-state index < -0.39 is 12.8 Å². The smallest absolute Gasteiger partial charge is 0.422 e. The molecule has 2 amide bonds. The number of ether oxygens (including phenoxy) is 1. The van der Waals surface area contributed by atoms with Gasteiger partial charge >= 0.3 is 6.18 Å². The first kappa shape index (κ1) is 22.5. The number of anilines is 1. The summed E-state index contributed by atoms with van der Waals surface area (Å²) in [6.45, 7) is 0.164. The zero-order valence-corrected chi connectivity index (χ0v) is 16.7. The summed E-state index contributed by atoms with van der Waals surface area (Å²) in [6.07, 6.45) is -1.89. The summed E-state index contributed by atoms with van der Waals surface area (Å²) in [7, 11) is 0. The summed E-state index contributed by atoms with van der Waals surface area (Å²) in [5.74, 6) is -0.640. The molecular formula is C21H23F3N4O3. The van der Waals surface area contributed by atoms with Gasteiger partial charge in [-0.3, -0.25) is 14.5 Å². The number of hydrogen-bond donors (Lipinski definition) is 2. The number of aromatic nitrogens is 1. The summed E-state index contributed by atoms with van der Waals surface area (Å²) in [6, 6.07) is 11.8. The minimum Gasteiger partial charge on any atom is -0.468 e. The Labute approximate surface area is 177 Å². The Kier molecular flexibility index (Phi) is 7.45. The highest BCUT2D eigenvalue weighted by Gasteiger charge is 2.28. The zero-order chi connectivity index (χ0) is 22.3. The van der Waals surface area contributed by atoms with Crippen LogP contribution in [-0.4, -0.2) is 60.2 Å². The summed E-state index contributed by atoms with van der Waals surface area (Å²) < 4.78 is 41.0. The number of benzene rings is 1. The van der Waals surface area contributed by atoms with E-state index in [0.29, 0.717) is 25.9 Å². The molecule has 1 aromatic heterocycles. The minimum atomic E-state index is -4.45. The van der Waals surface area contributed by atoms with E-state index in [1.807, 2.05) is 35.2 Å². The standard InChI is InChI=1S/C21H23F3N4O3/c22-21(23,24)14-31-19-7-6-15(12-25-19)20(30)27-17-8-10-28(11-9-17)13-18(29)26-16-4-2-1-3-5-16/h1-7,12,17H,8-11,13-14H2,(H,26,29)(H,27,30). The van der Waals surface area contributed by atoms with Crippen molar-refractivity contribution in [3.05, 3.63) is 54.2 Å². The van der Waals surface area contributed by atoms with Gasteiger partial charge in [0.2, 0.25) is 11.8 Å². The summed E-state index contributed by atoms with van der Waals surface area (Å²) >= 11 is 0. The van der Waals surface area contributed by atoms with E-state index >= 15 is 0 Å².